The van der Waals surface area contributed by atoms with Gasteiger partial charge in [-0.05, 0) is 38.0 Å². The molecule has 1 aromatic rings. The largest absolute Gasteiger partial charge is 0.478 e. The molecule has 6 heteroatoms. The van der Waals surface area contributed by atoms with Crippen LogP contribution in [0.15, 0.2) is 24.3 Å². The van der Waals surface area contributed by atoms with Crippen LogP contribution in [0.5, 0.6) is 0 Å². The summed E-state index contributed by atoms with van der Waals surface area (Å²) >= 11 is 0. The highest BCUT2D eigenvalue weighted by atomic mass is 16.6. The highest BCUT2D eigenvalue weighted by Crippen LogP contribution is 2.31. The van der Waals surface area contributed by atoms with Crippen LogP contribution >= 0.6 is 0 Å². The number of carboxylic acid groups (broad SMARTS) is 1. The van der Waals surface area contributed by atoms with Crippen molar-refractivity contribution in [1.29, 1.82) is 0 Å². The molecule has 0 saturated heterocycles. The summed E-state index contributed by atoms with van der Waals surface area (Å²) in [5.41, 5.74) is 1.04. The molecule has 0 radical (unpaired) electrons. The van der Waals surface area contributed by atoms with Gasteiger partial charge in [-0.1, -0.05) is 13.0 Å². The highest BCUT2D eigenvalue weighted by Gasteiger charge is 2.21. The lowest BCUT2D eigenvalue weighted by atomic mass is 10.1. The maximum absolute atomic E-state index is 11.3. The Morgan fingerprint density at radius 3 is 2.62 bits per heavy atom. The van der Waals surface area contributed by atoms with Gasteiger partial charge in [0.2, 0.25) is 0 Å². The van der Waals surface area contributed by atoms with E-state index in [1.807, 2.05) is 25.7 Å². The molecule has 1 N–H and O–H groups in total. The molecule has 0 aliphatic carbocycles. The Balaban J connectivity index is 3.26. The number of aliphatic carboxylic acids is 1. The van der Waals surface area contributed by atoms with Crippen LogP contribution in [-0.4, -0.2) is 28.6 Å². The smallest absolute Gasteiger partial charge is 0.328 e. The van der Waals surface area contributed by atoms with Gasteiger partial charge in [0.25, 0.3) is 5.69 Å². The van der Waals surface area contributed by atoms with Crippen molar-refractivity contribution in [3.8, 4) is 0 Å². The molecule has 114 valence electrons. The maximum atomic E-state index is 11.3. The maximum Gasteiger partial charge on any atom is 0.328 e. The van der Waals surface area contributed by atoms with E-state index in [-0.39, 0.29) is 11.7 Å². The Morgan fingerprint density at radius 1 is 1.48 bits per heavy atom. The van der Waals surface area contributed by atoms with Crippen LogP contribution in [0.2, 0.25) is 0 Å². The number of anilines is 1. The number of hydrogen-bond acceptors (Lipinski definition) is 4. The standard InChI is InChI=1S/C15H20N2O4/c1-4-9-16(11(2)3)13-7-5-12(6-8-15(18)19)10-14(13)17(20)21/h5-8,10-11H,4,9H2,1-3H3,(H,18,19)/b8-6+. The lowest BCUT2D eigenvalue weighted by Crippen LogP contribution is -2.32. The number of rotatable bonds is 7. The van der Waals surface area contributed by atoms with E-state index in [0.29, 0.717) is 11.3 Å². The molecule has 1 aromatic carbocycles. The van der Waals surface area contributed by atoms with E-state index in [1.165, 1.54) is 12.1 Å². The van der Waals surface area contributed by atoms with E-state index >= 15 is 0 Å². The highest BCUT2D eigenvalue weighted by molar-refractivity contribution is 5.85. The van der Waals surface area contributed by atoms with Crippen molar-refractivity contribution in [1.82, 2.24) is 0 Å². The number of carbonyl (C=O) groups is 1. The van der Waals surface area contributed by atoms with E-state index in [2.05, 4.69) is 0 Å². The molecule has 0 unspecified atom stereocenters. The van der Waals surface area contributed by atoms with Crippen LogP contribution < -0.4 is 4.90 Å². The number of hydrogen-bond donors (Lipinski definition) is 1. The van der Waals surface area contributed by atoms with E-state index in [9.17, 15) is 14.9 Å². The fourth-order valence-electron chi connectivity index (χ4n) is 2.10. The van der Waals surface area contributed by atoms with Crippen molar-refractivity contribution in [2.45, 2.75) is 33.2 Å². The first-order valence-electron chi connectivity index (χ1n) is 6.83. The van der Waals surface area contributed by atoms with Crippen LogP contribution in [-0.2, 0) is 4.79 Å². The van der Waals surface area contributed by atoms with E-state index < -0.39 is 10.9 Å². The first-order chi connectivity index (χ1) is 9.86. The molecule has 0 aliphatic heterocycles. The van der Waals surface area contributed by atoms with Gasteiger partial charge >= 0.3 is 5.97 Å². The number of nitro benzene ring substituents is 1. The van der Waals surface area contributed by atoms with Gasteiger partial charge in [0.05, 0.1) is 4.92 Å². The van der Waals surface area contributed by atoms with Crippen molar-refractivity contribution in [2.75, 3.05) is 11.4 Å². The summed E-state index contributed by atoms with van der Waals surface area (Å²) in [5.74, 6) is -1.09. The molecule has 0 spiro atoms. The topological polar surface area (TPSA) is 83.7 Å². The van der Waals surface area contributed by atoms with Gasteiger partial charge in [-0.15, -0.1) is 0 Å². The number of nitro groups is 1. The molecule has 0 heterocycles. The summed E-state index contributed by atoms with van der Waals surface area (Å²) < 4.78 is 0. The minimum Gasteiger partial charge on any atom is -0.478 e. The van der Waals surface area contributed by atoms with Gasteiger partial charge in [-0.2, -0.15) is 0 Å². The van der Waals surface area contributed by atoms with Crippen LogP contribution in [0.25, 0.3) is 6.08 Å². The summed E-state index contributed by atoms with van der Waals surface area (Å²) in [6.07, 6.45) is 3.19. The van der Waals surface area contributed by atoms with Gasteiger partial charge in [0.15, 0.2) is 0 Å². The Bertz CT molecular complexity index is 553. The third kappa shape index (κ3) is 4.59. The van der Waals surface area contributed by atoms with E-state index in [1.54, 1.807) is 12.1 Å². The van der Waals surface area contributed by atoms with Gasteiger partial charge in [-0.25, -0.2) is 4.79 Å². The van der Waals surface area contributed by atoms with Crippen molar-refractivity contribution in [2.24, 2.45) is 0 Å². The molecule has 0 amide bonds. The van der Waals surface area contributed by atoms with Gasteiger partial charge in [0.1, 0.15) is 5.69 Å². The molecule has 0 aliphatic rings. The normalized spacial score (nSPS) is 11.0. The van der Waals surface area contributed by atoms with Gasteiger partial charge in [-0.3, -0.25) is 10.1 Å². The van der Waals surface area contributed by atoms with Crippen molar-refractivity contribution >= 4 is 23.4 Å². The Morgan fingerprint density at radius 2 is 2.14 bits per heavy atom. The van der Waals surface area contributed by atoms with Crippen LogP contribution in [0.1, 0.15) is 32.8 Å². The lowest BCUT2D eigenvalue weighted by molar-refractivity contribution is -0.384. The average Bonchev–Trinajstić information content (AvgIpc) is 2.42. The van der Waals surface area contributed by atoms with Gasteiger partial charge in [0, 0.05) is 24.7 Å². The first-order valence-corrected chi connectivity index (χ1v) is 6.83. The molecule has 0 aromatic heterocycles. The second kappa shape index (κ2) is 7.42. The number of benzene rings is 1. The van der Waals surface area contributed by atoms with Crippen LogP contribution in [0.3, 0.4) is 0 Å². The molecule has 0 bridgehead atoms. The van der Waals surface area contributed by atoms with Crippen molar-refractivity contribution in [3.63, 3.8) is 0 Å². The Hall–Kier alpha value is -2.37. The predicted octanol–water partition coefficient (Wildman–Crippen LogP) is 3.32. The summed E-state index contributed by atoms with van der Waals surface area (Å²) in [6, 6.07) is 4.91. The molecule has 0 atom stereocenters. The summed E-state index contributed by atoms with van der Waals surface area (Å²) in [6.45, 7) is 6.71. The first kappa shape index (κ1) is 16.7. The monoisotopic (exact) mass is 292 g/mol. The Kier molecular flexibility index (Phi) is 5.90. The molecule has 6 nitrogen and oxygen atoms in total. The number of nitrogens with zero attached hydrogens (tertiary/aromatic N) is 2. The van der Waals surface area contributed by atoms with Gasteiger partial charge < -0.3 is 10.0 Å². The average molecular weight is 292 g/mol. The second-order valence-electron chi connectivity index (χ2n) is 4.96. The summed E-state index contributed by atoms with van der Waals surface area (Å²) in [4.78, 5) is 23.3. The second-order valence-corrected chi connectivity index (χ2v) is 4.96. The molecule has 0 fully saturated rings. The zero-order valence-corrected chi connectivity index (χ0v) is 12.4. The third-order valence-electron chi connectivity index (χ3n) is 3.01. The third-order valence-corrected chi connectivity index (χ3v) is 3.01. The zero-order chi connectivity index (χ0) is 16.0. The van der Waals surface area contributed by atoms with Crippen LogP contribution in [0, 0.1) is 10.1 Å². The van der Waals surface area contributed by atoms with Crippen molar-refractivity contribution < 1.29 is 14.8 Å². The molecular weight excluding hydrogens is 272 g/mol. The SMILES string of the molecule is CCCN(c1ccc(/C=C/C(=O)O)cc1[N+](=O)[O-])C(C)C. The number of carboxylic acids is 1. The molecular formula is C15H20N2O4. The molecule has 0 saturated carbocycles. The summed E-state index contributed by atoms with van der Waals surface area (Å²) in [5, 5.41) is 19.9. The predicted molar refractivity (Wildman–Crippen MR) is 82.5 cm³/mol. The Labute approximate surface area is 123 Å². The van der Waals surface area contributed by atoms with E-state index in [4.69, 9.17) is 5.11 Å². The minimum absolute atomic E-state index is 0.00955. The summed E-state index contributed by atoms with van der Waals surface area (Å²) in [7, 11) is 0. The quantitative estimate of drug-likeness (QED) is 0.473. The van der Waals surface area contributed by atoms with E-state index in [0.717, 1.165) is 19.0 Å². The lowest BCUT2D eigenvalue weighted by Gasteiger charge is -2.28. The van der Waals surface area contributed by atoms with Crippen molar-refractivity contribution in [3.05, 3.63) is 40.0 Å². The molecule has 1 rings (SSSR count). The minimum atomic E-state index is -1.09. The molecule has 21 heavy (non-hydrogen) atoms. The van der Waals surface area contributed by atoms with Crippen LogP contribution in [0.4, 0.5) is 11.4 Å². The zero-order valence-electron chi connectivity index (χ0n) is 12.4. The fourth-order valence-corrected chi connectivity index (χ4v) is 2.10. The fraction of sp³-hybridized carbons (Fsp3) is 0.400.